The highest BCUT2D eigenvalue weighted by molar-refractivity contribution is 6.59. The van der Waals surface area contributed by atoms with Crippen molar-refractivity contribution in [3.05, 3.63) is 23.8 Å². The summed E-state index contributed by atoms with van der Waals surface area (Å²) >= 11 is 0. The molecule has 1 atom stereocenters. The molecule has 0 amide bonds. The quantitative estimate of drug-likeness (QED) is 0.777. The van der Waals surface area contributed by atoms with Gasteiger partial charge in [0.2, 0.25) is 0 Å². The predicted octanol–water partition coefficient (Wildman–Crippen LogP) is 0.834. The van der Waals surface area contributed by atoms with E-state index in [1.54, 1.807) is 6.07 Å². The Labute approximate surface area is 108 Å². The van der Waals surface area contributed by atoms with Gasteiger partial charge in [-0.2, -0.15) is 0 Å². The van der Waals surface area contributed by atoms with Crippen LogP contribution in [0.15, 0.2) is 18.2 Å². The van der Waals surface area contributed by atoms with Crippen LogP contribution in [0.25, 0.3) is 0 Å². The second-order valence-electron chi connectivity index (χ2n) is 4.50. The standard InChI is InChI=1S/C13H19BO4/c1-2-10-6-7-11(9-12(10)14(15)16)18-13-5-3-4-8-17-13/h6-7,9,13,15-16H,2-5,8H2,1H3/t13-/m0/s1. The fraction of sp³-hybridized carbons (Fsp3) is 0.538. The Morgan fingerprint density at radius 3 is 2.83 bits per heavy atom. The van der Waals surface area contributed by atoms with Gasteiger partial charge in [0.1, 0.15) is 5.75 Å². The van der Waals surface area contributed by atoms with Crippen LogP contribution in [0.2, 0.25) is 0 Å². The Morgan fingerprint density at radius 2 is 2.22 bits per heavy atom. The lowest BCUT2D eigenvalue weighted by Gasteiger charge is -2.24. The highest BCUT2D eigenvalue weighted by atomic mass is 16.7. The van der Waals surface area contributed by atoms with Gasteiger partial charge < -0.3 is 19.5 Å². The summed E-state index contributed by atoms with van der Waals surface area (Å²) in [5, 5.41) is 18.7. The summed E-state index contributed by atoms with van der Waals surface area (Å²) in [6, 6.07) is 5.40. The molecule has 1 aliphatic rings. The summed E-state index contributed by atoms with van der Waals surface area (Å²) in [7, 11) is -1.46. The third kappa shape index (κ3) is 3.25. The van der Waals surface area contributed by atoms with Crippen molar-refractivity contribution in [2.24, 2.45) is 0 Å². The maximum Gasteiger partial charge on any atom is 0.488 e. The van der Waals surface area contributed by atoms with E-state index in [1.165, 1.54) is 0 Å². The average molecular weight is 250 g/mol. The van der Waals surface area contributed by atoms with Crippen molar-refractivity contribution < 1.29 is 19.5 Å². The molecule has 0 radical (unpaired) electrons. The highest BCUT2D eigenvalue weighted by Crippen LogP contribution is 2.19. The smallest absolute Gasteiger partial charge is 0.465 e. The van der Waals surface area contributed by atoms with Crippen LogP contribution in [0.5, 0.6) is 5.75 Å². The first kappa shape index (κ1) is 13.4. The largest absolute Gasteiger partial charge is 0.488 e. The first-order valence-corrected chi connectivity index (χ1v) is 6.48. The van der Waals surface area contributed by atoms with E-state index in [1.807, 2.05) is 19.1 Å². The lowest BCUT2D eigenvalue weighted by Crippen LogP contribution is -2.33. The maximum absolute atomic E-state index is 9.33. The third-order valence-electron chi connectivity index (χ3n) is 3.18. The molecule has 1 aromatic rings. The minimum atomic E-state index is -1.46. The molecule has 2 N–H and O–H groups in total. The molecule has 1 aliphatic heterocycles. The number of benzene rings is 1. The summed E-state index contributed by atoms with van der Waals surface area (Å²) in [4.78, 5) is 0. The fourth-order valence-electron chi connectivity index (χ4n) is 2.16. The van der Waals surface area contributed by atoms with Gasteiger partial charge in [0.25, 0.3) is 0 Å². The molecule has 1 heterocycles. The van der Waals surface area contributed by atoms with Crippen molar-refractivity contribution in [2.45, 2.75) is 38.9 Å². The molecular weight excluding hydrogens is 231 g/mol. The highest BCUT2D eigenvalue weighted by Gasteiger charge is 2.19. The van der Waals surface area contributed by atoms with Crippen molar-refractivity contribution in [3.8, 4) is 5.75 Å². The van der Waals surface area contributed by atoms with Crippen molar-refractivity contribution in [3.63, 3.8) is 0 Å². The van der Waals surface area contributed by atoms with Gasteiger partial charge in [-0.15, -0.1) is 0 Å². The van der Waals surface area contributed by atoms with E-state index in [9.17, 15) is 10.0 Å². The molecule has 2 rings (SSSR count). The van der Waals surface area contributed by atoms with Gasteiger partial charge in [-0.1, -0.05) is 13.0 Å². The molecule has 5 heteroatoms. The minimum Gasteiger partial charge on any atom is -0.465 e. The number of aryl methyl sites for hydroxylation is 1. The summed E-state index contributed by atoms with van der Waals surface area (Å²) in [6.45, 7) is 2.71. The van der Waals surface area contributed by atoms with Crippen LogP contribution in [0.1, 0.15) is 31.7 Å². The Balaban J connectivity index is 2.10. The fourth-order valence-corrected chi connectivity index (χ4v) is 2.16. The van der Waals surface area contributed by atoms with Gasteiger partial charge in [0.15, 0.2) is 6.29 Å². The molecule has 0 saturated carbocycles. The minimum absolute atomic E-state index is 0.213. The van der Waals surface area contributed by atoms with Crippen molar-refractivity contribution in [1.29, 1.82) is 0 Å². The SMILES string of the molecule is CCc1ccc(O[C@H]2CCCCO2)cc1B(O)O. The zero-order valence-electron chi connectivity index (χ0n) is 10.6. The Hall–Kier alpha value is -1.04. The molecule has 1 fully saturated rings. The topological polar surface area (TPSA) is 58.9 Å². The van der Waals surface area contributed by atoms with E-state index in [0.29, 0.717) is 11.2 Å². The second kappa shape index (κ2) is 6.23. The van der Waals surface area contributed by atoms with Crippen LogP contribution in [0, 0.1) is 0 Å². The molecule has 1 saturated heterocycles. The molecular formula is C13H19BO4. The van der Waals surface area contributed by atoms with Crippen molar-refractivity contribution in [2.75, 3.05) is 6.61 Å². The second-order valence-corrected chi connectivity index (χ2v) is 4.50. The Bertz CT molecular complexity index is 389. The lowest BCUT2D eigenvalue weighted by molar-refractivity contribution is -0.105. The number of hydrogen-bond acceptors (Lipinski definition) is 4. The lowest BCUT2D eigenvalue weighted by atomic mass is 9.76. The summed E-state index contributed by atoms with van der Waals surface area (Å²) in [5.74, 6) is 0.627. The third-order valence-corrected chi connectivity index (χ3v) is 3.18. The van der Waals surface area contributed by atoms with Crippen LogP contribution in [0.3, 0.4) is 0 Å². The number of ether oxygens (including phenoxy) is 2. The molecule has 0 unspecified atom stereocenters. The van der Waals surface area contributed by atoms with E-state index in [4.69, 9.17) is 9.47 Å². The molecule has 18 heavy (non-hydrogen) atoms. The summed E-state index contributed by atoms with van der Waals surface area (Å²) < 4.78 is 11.2. The Kier molecular flexibility index (Phi) is 4.63. The number of rotatable bonds is 4. The van der Waals surface area contributed by atoms with Crippen LogP contribution in [-0.4, -0.2) is 30.1 Å². The van der Waals surface area contributed by atoms with Crippen LogP contribution < -0.4 is 10.2 Å². The zero-order valence-corrected chi connectivity index (χ0v) is 10.6. The van der Waals surface area contributed by atoms with Crippen LogP contribution >= 0.6 is 0 Å². The predicted molar refractivity (Wildman–Crippen MR) is 69.9 cm³/mol. The summed E-state index contributed by atoms with van der Waals surface area (Å²) in [5.41, 5.74) is 1.42. The zero-order chi connectivity index (χ0) is 13.0. The normalized spacial score (nSPS) is 19.6. The number of hydrogen-bond donors (Lipinski definition) is 2. The maximum atomic E-state index is 9.33. The molecule has 4 nitrogen and oxygen atoms in total. The molecule has 1 aromatic carbocycles. The van der Waals surface area contributed by atoms with Crippen LogP contribution in [-0.2, 0) is 11.2 Å². The molecule has 0 aromatic heterocycles. The first-order valence-electron chi connectivity index (χ1n) is 6.48. The average Bonchev–Trinajstić information content (AvgIpc) is 2.40. The van der Waals surface area contributed by atoms with Gasteiger partial charge in [0.05, 0.1) is 6.61 Å². The van der Waals surface area contributed by atoms with Gasteiger partial charge in [-0.3, -0.25) is 0 Å². The monoisotopic (exact) mass is 250 g/mol. The van der Waals surface area contributed by atoms with E-state index in [0.717, 1.165) is 37.9 Å². The van der Waals surface area contributed by atoms with Gasteiger partial charge in [-0.25, -0.2) is 0 Å². The van der Waals surface area contributed by atoms with Crippen molar-refractivity contribution >= 4 is 12.6 Å². The molecule has 0 spiro atoms. The van der Waals surface area contributed by atoms with E-state index in [-0.39, 0.29) is 6.29 Å². The molecule has 98 valence electrons. The van der Waals surface area contributed by atoms with Crippen LogP contribution in [0.4, 0.5) is 0 Å². The van der Waals surface area contributed by atoms with E-state index < -0.39 is 7.12 Å². The molecule has 0 aliphatic carbocycles. The Morgan fingerprint density at radius 1 is 1.39 bits per heavy atom. The van der Waals surface area contributed by atoms with Gasteiger partial charge in [-0.05, 0) is 42.4 Å². The van der Waals surface area contributed by atoms with Gasteiger partial charge >= 0.3 is 7.12 Å². The molecule has 0 bridgehead atoms. The van der Waals surface area contributed by atoms with Gasteiger partial charge in [0, 0.05) is 6.42 Å². The van der Waals surface area contributed by atoms with Crippen molar-refractivity contribution in [1.82, 2.24) is 0 Å². The van der Waals surface area contributed by atoms with E-state index in [2.05, 4.69) is 0 Å². The summed E-state index contributed by atoms with van der Waals surface area (Å²) in [6.07, 6.45) is 3.61. The van der Waals surface area contributed by atoms with E-state index >= 15 is 0 Å². The first-order chi connectivity index (χ1) is 8.70.